The zero-order valence-electron chi connectivity index (χ0n) is 8.96. The van der Waals surface area contributed by atoms with Gasteiger partial charge < -0.3 is 0 Å². The van der Waals surface area contributed by atoms with Gasteiger partial charge in [-0.15, -0.1) is 0 Å². The number of sulfone groups is 1. The van der Waals surface area contributed by atoms with Gasteiger partial charge >= 0.3 is 0 Å². The van der Waals surface area contributed by atoms with E-state index in [9.17, 15) is 13.2 Å². The third-order valence-corrected chi connectivity index (χ3v) is 4.82. The SMILES string of the molecule is CC(=O)C1(n2cncn2)CCS(=O)(=O)CC1. The fourth-order valence-corrected chi connectivity index (χ4v) is 3.55. The first-order valence-electron chi connectivity index (χ1n) is 5.03. The summed E-state index contributed by atoms with van der Waals surface area (Å²) in [6.45, 7) is 1.47. The Bertz CT molecular complexity index is 478. The zero-order chi connectivity index (χ0) is 11.8. The van der Waals surface area contributed by atoms with Crippen molar-refractivity contribution < 1.29 is 13.2 Å². The van der Waals surface area contributed by atoms with Gasteiger partial charge in [0.15, 0.2) is 15.6 Å². The molecular weight excluding hydrogens is 230 g/mol. The number of rotatable bonds is 2. The van der Waals surface area contributed by atoms with E-state index in [1.165, 1.54) is 24.3 Å². The van der Waals surface area contributed by atoms with E-state index in [0.29, 0.717) is 0 Å². The van der Waals surface area contributed by atoms with Gasteiger partial charge in [0, 0.05) is 0 Å². The van der Waals surface area contributed by atoms with Gasteiger partial charge in [-0.2, -0.15) is 5.10 Å². The minimum absolute atomic E-state index is 0.0342. The van der Waals surface area contributed by atoms with Crippen LogP contribution in [0.3, 0.4) is 0 Å². The highest BCUT2D eigenvalue weighted by Crippen LogP contribution is 2.31. The van der Waals surface area contributed by atoms with Crippen molar-refractivity contribution in [2.75, 3.05) is 11.5 Å². The van der Waals surface area contributed by atoms with Gasteiger partial charge in [-0.1, -0.05) is 0 Å². The second-order valence-electron chi connectivity index (χ2n) is 4.08. The number of hydrogen-bond donors (Lipinski definition) is 0. The molecule has 1 aromatic rings. The van der Waals surface area contributed by atoms with Gasteiger partial charge in [0.1, 0.15) is 18.2 Å². The molecule has 2 rings (SSSR count). The van der Waals surface area contributed by atoms with Crippen LogP contribution >= 0.6 is 0 Å². The highest BCUT2D eigenvalue weighted by atomic mass is 32.2. The topological polar surface area (TPSA) is 81.9 Å². The van der Waals surface area contributed by atoms with Crippen molar-refractivity contribution in [2.45, 2.75) is 25.3 Å². The summed E-state index contributed by atoms with van der Waals surface area (Å²) in [4.78, 5) is 15.6. The van der Waals surface area contributed by atoms with Crippen molar-refractivity contribution in [3.63, 3.8) is 0 Å². The molecule has 0 saturated carbocycles. The summed E-state index contributed by atoms with van der Waals surface area (Å²) in [6.07, 6.45) is 3.40. The molecule has 2 heterocycles. The molecule has 0 spiro atoms. The van der Waals surface area contributed by atoms with E-state index in [1.54, 1.807) is 0 Å². The molecule has 1 aliphatic rings. The summed E-state index contributed by atoms with van der Waals surface area (Å²) >= 11 is 0. The van der Waals surface area contributed by atoms with Crippen LogP contribution in [0.4, 0.5) is 0 Å². The molecule has 7 heteroatoms. The van der Waals surface area contributed by atoms with Crippen LogP contribution in [0.2, 0.25) is 0 Å². The number of hydrogen-bond acceptors (Lipinski definition) is 5. The first kappa shape index (κ1) is 11.3. The average Bonchev–Trinajstić information content (AvgIpc) is 2.71. The maximum Gasteiger partial charge on any atom is 0.157 e. The Hall–Kier alpha value is -1.24. The fraction of sp³-hybridized carbons (Fsp3) is 0.667. The predicted molar refractivity (Wildman–Crippen MR) is 56.6 cm³/mol. The normalized spacial score (nSPS) is 22.8. The molecule has 1 aliphatic heterocycles. The van der Waals surface area contributed by atoms with Gasteiger partial charge in [-0.3, -0.25) is 4.79 Å². The summed E-state index contributed by atoms with van der Waals surface area (Å²) in [5.41, 5.74) is -0.818. The number of ketones is 1. The molecule has 0 bridgehead atoms. The quantitative estimate of drug-likeness (QED) is 0.716. The molecule has 0 atom stereocenters. The Morgan fingerprint density at radius 1 is 1.38 bits per heavy atom. The smallest absolute Gasteiger partial charge is 0.157 e. The molecule has 0 N–H and O–H groups in total. The van der Waals surface area contributed by atoms with Gasteiger partial charge in [-0.25, -0.2) is 18.1 Å². The molecule has 6 nitrogen and oxygen atoms in total. The van der Waals surface area contributed by atoms with E-state index in [-0.39, 0.29) is 30.1 Å². The molecule has 0 radical (unpaired) electrons. The van der Waals surface area contributed by atoms with Crippen LogP contribution in [0.1, 0.15) is 19.8 Å². The largest absolute Gasteiger partial charge is 0.297 e. The van der Waals surface area contributed by atoms with Gasteiger partial charge in [0.25, 0.3) is 0 Å². The first-order chi connectivity index (χ1) is 7.46. The molecule has 1 saturated heterocycles. The Balaban J connectivity index is 2.37. The molecule has 0 aromatic carbocycles. The molecular formula is C9H13N3O3S. The van der Waals surface area contributed by atoms with Crippen LogP contribution in [0.15, 0.2) is 12.7 Å². The number of Topliss-reactive ketones (excluding diaryl/α,β-unsaturated/α-hetero) is 1. The summed E-state index contributed by atoms with van der Waals surface area (Å²) in [6, 6.07) is 0. The highest BCUT2D eigenvalue weighted by molar-refractivity contribution is 7.91. The van der Waals surface area contributed by atoms with Crippen molar-refractivity contribution in [1.29, 1.82) is 0 Å². The van der Waals surface area contributed by atoms with Crippen molar-refractivity contribution in [2.24, 2.45) is 0 Å². The van der Waals surface area contributed by atoms with Gasteiger partial charge in [-0.05, 0) is 19.8 Å². The van der Waals surface area contributed by atoms with Crippen LogP contribution in [0.5, 0.6) is 0 Å². The lowest BCUT2D eigenvalue weighted by Crippen LogP contribution is -2.47. The number of aromatic nitrogens is 3. The van der Waals surface area contributed by atoms with Crippen molar-refractivity contribution in [3.05, 3.63) is 12.7 Å². The lowest BCUT2D eigenvalue weighted by atomic mass is 9.88. The molecule has 88 valence electrons. The van der Waals surface area contributed by atoms with E-state index >= 15 is 0 Å². The molecule has 0 aliphatic carbocycles. The van der Waals surface area contributed by atoms with E-state index < -0.39 is 15.4 Å². The van der Waals surface area contributed by atoms with Crippen molar-refractivity contribution in [1.82, 2.24) is 14.8 Å². The van der Waals surface area contributed by atoms with Crippen LogP contribution in [0.25, 0.3) is 0 Å². The molecule has 1 aromatic heterocycles. The van der Waals surface area contributed by atoms with Crippen molar-refractivity contribution in [3.8, 4) is 0 Å². The lowest BCUT2D eigenvalue weighted by Gasteiger charge is -2.34. The number of nitrogens with zero attached hydrogens (tertiary/aromatic N) is 3. The lowest BCUT2D eigenvalue weighted by molar-refractivity contribution is -0.126. The summed E-state index contributed by atoms with van der Waals surface area (Å²) in [7, 11) is -2.99. The monoisotopic (exact) mass is 243 g/mol. The van der Waals surface area contributed by atoms with Gasteiger partial charge in [0.2, 0.25) is 0 Å². The van der Waals surface area contributed by atoms with E-state index in [2.05, 4.69) is 10.1 Å². The maximum absolute atomic E-state index is 11.7. The molecule has 1 fully saturated rings. The maximum atomic E-state index is 11.7. The van der Waals surface area contributed by atoms with Crippen LogP contribution in [-0.4, -0.2) is 40.5 Å². The second kappa shape index (κ2) is 3.65. The van der Waals surface area contributed by atoms with E-state index in [1.807, 2.05) is 0 Å². The summed E-state index contributed by atoms with van der Waals surface area (Å²) in [5.74, 6) is 0.00620. The van der Waals surface area contributed by atoms with E-state index in [4.69, 9.17) is 0 Å². The predicted octanol–water partition coefficient (Wildman–Crippen LogP) is -0.229. The summed E-state index contributed by atoms with van der Waals surface area (Å²) in [5, 5.41) is 3.97. The Morgan fingerprint density at radius 3 is 2.44 bits per heavy atom. The van der Waals surface area contributed by atoms with Crippen molar-refractivity contribution >= 4 is 15.6 Å². The van der Waals surface area contributed by atoms with E-state index in [0.717, 1.165) is 0 Å². The number of carbonyl (C=O) groups excluding carboxylic acids is 1. The fourth-order valence-electron chi connectivity index (χ4n) is 2.05. The van der Waals surface area contributed by atoms with Gasteiger partial charge in [0.05, 0.1) is 11.5 Å². The number of carbonyl (C=O) groups is 1. The van der Waals surface area contributed by atoms with Crippen LogP contribution in [0, 0.1) is 0 Å². The molecule has 0 amide bonds. The second-order valence-corrected chi connectivity index (χ2v) is 6.38. The highest BCUT2D eigenvalue weighted by Gasteiger charge is 2.43. The third-order valence-electron chi connectivity index (χ3n) is 3.17. The average molecular weight is 243 g/mol. The zero-order valence-corrected chi connectivity index (χ0v) is 9.77. The minimum Gasteiger partial charge on any atom is -0.297 e. The Labute approximate surface area is 93.6 Å². The van der Waals surface area contributed by atoms with Crippen LogP contribution < -0.4 is 0 Å². The summed E-state index contributed by atoms with van der Waals surface area (Å²) < 4.78 is 24.2. The Morgan fingerprint density at radius 2 is 2.00 bits per heavy atom. The third kappa shape index (κ3) is 1.75. The standard InChI is InChI=1S/C9H13N3O3S/c1-8(13)9(12-7-10-6-11-12)2-4-16(14,15)5-3-9/h6-7H,2-5H2,1H3. The Kier molecular flexibility index (Phi) is 2.57. The minimum atomic E-state index is -2.99. The molecule has 0 unspecified atom stereocenters. The van der Waals surface area contributed by atoms with Crippen LogP contribution in [-0.2, 0) is 20.2 Å². The first-order valence-corrected chi connectivity index (χ1v) is 6.85. The molecule has 16 heavy (non-hydrogen) atoms.